The standard InChI is InChI=1S/C21H15N3O/c1-25-19-9-6-16(7-10-19)20-14-24-18(13-23-20)8-11-21(24)17-4-2-15(12-22)3-5-17/h2-11,13-14H,1H3. The van der Waals surface area contributed by atoms with Crippen molar-refractivity contribution in [1.82, 2.24) is 9.38 Å². The Hall–Kier alpha value is -3.58. The molecule has 4 rings (SSSR count). The van der Waals surface area contributed by atoms with Crippen molar-refractivity contribution in [2.24, 2.45) is 0 Å². The van der Waals surface area contributed by atoms with Gasteiger partial charge in [-0.2, -0.15) is 5.26 Å². The van der Waals surface area contributed by atoms with E-state index in [0.717, 1.165) is 33.8 Å². The molecule has 0 unspecified atom stereocenters. The van der Waals surface area contributed by atoms with Crippen LogP contribution in [0, 0.1) is 11.3 Å². The summed E-state index contributed by atoms with van der Waals surface area (Å²) in [5.41, 5.74) is 5.73. The normalized spacial score (nSPS) is 10.6. The molecule has 0 bridgehead atoms. The molecule has 4 heteroatoms. The van der Waals surface area contributed by atoms with E-state index in [1.807, 2.05) is 67.0 Å². The van der Waals surface area contributed by atoms with Gasteiger partial charge in [0, 0.05) is 11.8 Å². The molecule has 0 N–H and O–H groups in total. The predicted molar refractivity (Wildman–Crippen MR) is 97.3 cm³/mol. The molecule has 2 aromatic carbocycles. The summed E-state index contributed by atoms with van der Waals surface area (Å²) < 4.78 is 7.33. The monoisotopic (exact) mass is 325 g/mol. The molecule has 0 aliphatic rings. The molecular weight excluding hydrogens is 310 g/mol. The second-order valence-corrected chi connectivity index (χ2v) is 5.70. The van der Waals surface area contributed by atoms with E-state index in [9.17, 15) is 0 Å². The van der Waals surface area contributed by atoms with E-state index in [-0.39, 0.29) is 0 Å². The Bertz CT molecular complexity index is 1070. The quantitative estimate of drug-likeness (QED) is 0.555. The smallest absolute Gasteiger partial charge is 0.118 e. The fourth-order valence-corrected chi connectivity index (χ4v) is 2.87. The molecule has 0 spiro atoms. The van der Waals surface area contributed by atoms with E-state index >= 15 is 0 Å². The molecule has 0 fully saturated rings. The number of benzene rings is 2. The predicted octanol–water partition coefficient (Wildman–Crippen LogP) is 4.55. The summed E-state index contributed by atoms with van der Waals surface area (Å²) in [6.07, 6.45) is 3.90. The minimum absolute atomic E-state index is 0.658. The largest absolute Gasteiger partial charge is 0.497 e. The van der Waals surface area contributed by atoms with Gasteiger partial charge >= 0.3 is 0 Å². The first-order valence-corrected chi connectivity index (χ1v) is 7.90. The Morgan fingerprint density at radius 1 is 0.920 bits per heavy atom. The molecule has 25 heavy (non-hydrogen) atoms. The van der Waals surface area contributed by atoms with Crippen LogP contribution in [-0.2, 0) is 0 Å². The van der Waals surface area contributed by atoms with Gasteiger partial charge in [0.2, 0.25) is 0 Å². The summed E-state index contributed by atoms with van der Waals surface area (Å²) in [5, 5.41) is 8.96. The van der Waals surface area contributed by atoms with Crippen molar-refractivity contribution in [3.63, 3.8) is 0 Å². The fraction of sp³-hybridized carbons (Fsp3) is 0.0476. The number of hydrogen-bond donors (Lipinski definition) is 0. The lowest BCUT2D eigenvalue weighted by Crippen LogP contribution is -1.93. The van der Waals surface area contributed by atoms with Crippen LogP contribution >= 0.6 is 0 Å². The van der Waals surface area contributed by atoms with Crippen LogP contribution in [0.2, 0.25) is 0 Å². The van der Waals surface area contributed by atoms with Gasteiger partial charge < -0.3 is 9.14 Å². The first-order valence-electron chi connectivity index (χ1n) is 7.90. The first-order chi connectivity index (χ1) is 12.3. The maximum Gasteiger partial charge on any atom is 0.118 e. The lowest BCUT2D eigenvalue weighted by Gasteiger charge is -2.07. The van der Waals surface area contributed by atoms with Gasteiger partial charge in [0.15, 0.2) is 0 Å². The third-order valence-corrected chi connectivity index (χ3v) is 4.23. The molecule has 120 valence electrons. The summed E-state index contributed by atoms with van der Waals surface area (Å²) >= 11 is 0. The topological polar surface area (TPSA) is 50.3 Å². The van der Waals surface area contributed by atoms with Crippen LogP contribution in [-0.4, -0.2) is 16.5 Å². The molecular formula is C21H15N3O. The fourth-order valence-electron chi connectivity index (χ4n) is 2.87. The van der Waals surface area contributed by atoms with Crippen LogP contribution < -0.4 is 4.74 Å². The van der Waals surface area contributed by atoms with Crippen LogP contribution in [0.3, 0.4) is 0 Å². The lowest BCUT2D eigenvalue weighted by molar-refractivity contribution is 0.415. The van der Waals surface area contributed by atoms with Crippen LogP contribution in [0.15, 0.2) is 73.1 Å². The van der Waals surface area contributed by atoms with Crippen molar-refractivity contribution >= 4 is 5.52 Å². The minimum atomic E-state index is 0.658. The Morgan fingerprint density at radius 3 is 2.32 bits per heavy atom. The van der Waals surface area contributed by atoms with Gasteiger partial charge in [-0.1, -0.05) is 12.1 Å². The minimum Gasteiger partial charge on any atom is -0.497 e. The van der Waals surface area contributed by atoms with Gasteiger partial charge in [-0.05, 0) is 54.1 Å². The van der Waals surface area contributed by atoms with Crippen LogP contribution in [0.1, 0.15) is 5.56 Å². The number of methoxy groups -OCH3 is 1. The van der Waals surface area contributed by atoms with Gasteiger partial charge in [0.1, 0.15) is 5.75 Å². The second-order valence-electron chi connectivity index (χ2n) is 5.70. The number of rotatable bonds is 3. The summed E-state index contributed by atoms with van der Waals surface area (Å²) in [6.45, 7) is 0. The van der Waals surface area contributed by atoms with Crippen molar-refractivity contribution in [2.45, 2.75) is 0 Å². The van der Waals surface area contributed by atoms with Crippen molar-refractivity contribution in [3.05, 3.63) is 78.6 Å². The Morgan fingerprint density at radius 2 is 1.64 bits per heavy atom. The zero-order chi connectivity index (χ0) is 17.2. The van der Waals surface area contributed by atoms with E-state index < -0.39 is 0 Å². The number of hydrogen-bond acceptors (Lipinski definition) is 3. The molecule has 0 atom stereocenters. The highest BCUT2D eigenvalue weighted by Gasteiger charge is 2.08. The lowest BCUT2D eigenvalue weighted by atomic mass is 10.1. The molecule has 2 aromatic heterocycles. The van der Waals surface area contributed by atoms with Gasteiger partial charge in [-0.3, -0.25) is 4.98 Å². The molecule has 0 saturated carbocycles. The summed E-state index contributed by atoms with van der Waals surface area (Å²) in [7, 11) is 1.66. The molecule has 0 aliphatic carbocycles. The maximum atomic E-state index is 8.96. The average molecular weight is 325 g/mol. The first kappa shape index (κ1) is 15.0. The summed E-state index contributed by atoms with van der Waals surface area (Å²) in [4.78, 5) is 4.56. The van der Waals surface area contributed by atoms with Crippen molar-refractivity contribution in [3.8, 4) is 34.3 Å². The highest BCUT2D eigenvalue weighted by atomic mass is 16.5. The third-order valence-electron chi connectivity index (χ3n) is 4.23. The number of aromatic nitrogens is 2. The molecule has 4 aromatic rings. The van der Waals surface area contributed by atoms with E-state index in [4.69, 9.17) is 10.00 Å². The summed E-state index contributed by atoms with van der Waals surface area (Å²) in [5.74, 6) is 0.823. The van der Waals surface area contributed by atoms with Gasteiger partial charge in [0.25, 0.3) is 0 Å². The molecule has 0 amide bonds. The Kier molecular flexibility index (Phi) is 3.68. The molecule has 2 heterocycles. The molecule has 0 aliphatic heterocycles. The summed E-state index contributed by atoms with van der Waals surface area (Å²) in [6, 6.07) is 21.7. The highest BCUT2D eigenvalue weighted by Crippen LogP contribution is 2.26. The van der Waals surface area contributed by atoms with E-state index in [0.29, 0.717) is 5.56 Å². The van der Waals surface area contributed by atoms with E-state index in [1.165, 1.54) is 0 Å². The number of nitrogens with zero attached hydrogens (tertiary/aromatic N) is 3. The number of ether oxygens (including phenoxy) is 1. The second kappa shape index (κ2) is 6.14. The number of nitriles is 1. The van der Waals surface area contributed by atoms with Crippen LogP contribution in [0.4, 0.5) is 0 Å². The van der Waals surface area contributed by atoms with Crippen LogP contribution in [0.25, 0.3) is 28.0 Å². The van der Waals surface area contributed by atoms with Crippen molar-refractivity contribution < 1.29 is 4.74 Å². The van der Waals surface area contributed by atoms with Crippen molar-refractivity contribution in [2.75, 3.05) is 7.11 Å². The molecule has 0 radical (unpaired) electrons. The average Bonchev–Trinajstić information content (AvgIpc) is 3.11. The van der Waals surface area contributed by atoms with Crippen LogP contribution in [0.5, 0.6) is 5.75 Å². The Balaban J connectivity index is 1.80. The van der Waals surface area contributed by atoms with Gasteiger partial charge in [-0.15, -0.1) is 0 Å². The maximum absolute atomic E-state index is 8.96. The third kappa shape index (κ3) is 2.73. The zero-order valence-electron chi connectivity index (χ0n) is 13.7. The van der Waals surface area contributed by atoms with Gasteiger partial charge in [0.05, 0.1) is 41.8 Å². The number of fused-ring (bicyclic) bond motifs is 1. The van der Waals surface area contributed by atoms with E-state index in [2.05, 4.69) is 21.5 Å². The van der Waals surface area contributed by atoms with Gasteiger partial charge in [-0.25, -0.2) is 0 Å². The molecule has 0 saturated heterocycles. The molecule has 4 nitrogen and oxygen atoms in total. The SMILES string of the molecule is COc1ccc(-c2cn3c(-c4ccc(C#N)cc4)ccc3cn2)cc1. The highest BCUT2D eigenvalue weighted by molar-refractivity contribution is 5.70. The Labute approximate surface area is 145 Å². The van der Waals surface area contributed by atoms with E-state index in [1.54, 1.807) is 7.11 Å². The van der Waals surface area contributed by atoms with Crippen molar-refractivity contribution in [1.29, 1.82) is 5.26 Å². The zero-order valence-corrected chi connectivity index (χ0v) is 13.7.